The van der Waals surface area contributed by atoms with E-state index >= 15 is 0 Å². The smallest absolute Gasteiger partial charge is 0.224 e. The Morgan fingerprint density at radius 1 is 1.37 bits per heavy atom. The van der Waals surface area contributed by atoms with Crippen molar-refractivity contribution in [2.75, 3.05) is 5.32 Å². The topological polar surface area (TPSA) is 55.1 Å². The molecule has 1 atom stereocenters. The SMILES string of the molecule is CC(N)c1cccc(NC(=O)CC2CCCCC2)c1. The molecule has 2 rings (SSSR count). The molecule has 1 amide bonds. The Bertz CT molecular complexity index is 423. The van der Waals surface area contributed by atoms with Crippen LogP contribution in [0.2, 0.25) is 0 Å². The Hall–Kier alpha value is -1.35. The number of amides is 1. The summed E-state index contributed by atoms with van der Waals surface area (Å²) < 4.78 is 0. The van der Waals surface area contributed by atoms with Gasteiger partial charge in [0.15, 0.2) is 0 Å². The van der Waals surface area contributed by atoms with Crippen molar-refractivity contribution in [3.63, 3.8) is 0 Å². The molecule has 1 aliphatic carbocycles. The molecule has 3 nitrogen and oxygen atoms in total. The molecular weight excluding hydrogens is 236 g/mol. The third-order valence-corrected chi connectivity index (χ3v) is 3.89. The fourth-order valence-corrected chi connectivity index (χ4v) is 2.77. The van der Waals surface area contributed by atoms with Gasteiger partial charge in [-0.25, -0.2) is 0 Å². The molecule has 1 fully saturated rings. The average molecular weight is 260 g/mol. The summed E-state index contributed by atoms with van der Waals surface area (Å²) >= 11 is 0. The maximum atomic E-state index is 12.0. The summed E-state index contributed by atoms with van der Waals surface area (Å²) in [5.41, 5.74) is 7.76. The lowest BCUT2D eigenvalue weighted by Crippen LogP contribution is -2.18. The minimum absolute atomic E-state index is 0.00445. The predicted molar refractivity (Wildman–Crippen MR) is 78.9 cm³/mol. The van der Waals surface area contributed by atoms with Crippen molar-refractivity contribution in [1.82, 2.24) is 0 Å². The van der Waals surface area contributed by atoms with Crippen LogP contribution in [0.3, 0.4) is 0 Å². The summed E-state index contributed by atoms with van der Waals surface area (Å²) in [7, 11) is 0. The molecule has 1 aliphatic rings. The largest absolute Gasteiger partial charge is 0.326 e. The summed E-state index contributed by atoms with van der Waals surface area (Å²) in [5, 5.41) is 2.99. The van der Waals surface area contributed by atoms with Gasteiger partial charge in [0, 0.05) is 18.2 Å². The van der Waals surface area contributed by atoms with Gasteiger partial charge >= 0.3 is 0 Å². The van der Waals surface area contributed by atoms with Gasteiger partial charge in [0.25, 0.3) is 0 Å². The van der Waals surface area contributed by atoms with E-state index in [2.05, 4.69) is 5.32 Å². The summed E-state index contributed by atoms with van der Waals surface area (Å²) in [6.45, 7) is 1.95. The van der Waals surface area contributed by atoms with Gasteiger partial charge in [0.05, 0.1) is 0 Å². The van der Waals surface area contributed by atoms with Crippen LogP contribution in [-0.2, 0) is 4.79 Å². The fourth-order valence-electron chi connectivity index (χ4n) is 2.77. The minimum Gasteiger partial charge on any atom is -0.326 e. The highest BCUT2D eigenvalue weighted by atomic mass is 16.1. The summed E-state index contributed by atoms with van der Waals surface area (Å²) in [6, 6.07) is 7.81. The first-order valence-electron chi connectivity index (χ1n) is 7.30. The van der Waals surface area contributed by atoms with Gasteiger partial charge < -0.3 is 11.1 Å². The molecule has 0 bridgehead atoms. The Labute approximate surface area is 115 Å². The van der Waals surface area contributed by atoms with E-state index in [-0.39, 0.29) is 11.9 Å². The number of rotatable bonds is 4. The van der Waals surface area contributed by atoms with E-state index in [1.807, 2.05) is 31.2 Å². The second-order valence-electron chi connectivity index (χ2n) is 5.67. The second-order valence-corrected chi connectivity index (χ2v) is 5.67. The number of benzene rings is 1. The van der Waals surface area contributed by atoms with E-state index in [1.54, 1.807) is 0 Å². The van der Waals surface area contributed by atoms with Crippen molar-refractivity contribution in [2.45, 2.75) is 51.5 Å². The van der Waals surface area contributed by atoms with Gasteiger partial charge in [-0.3, -0.25) is 4.79 Å². The molecule has 0 spiro atoms. The summed E-state index contributed by atoms with van der Waals surface area (Å²) in [6.07, 6.45) is 6.94. The standard InChI is InChI=1S/C16H24N2O/c1-12(17)14-8-5-9-15(11-14)18-16(19)10-13-6-3-2-4-7-13/h5,8-9,11-13H,2-4,6-7,10,17H2,1H3,(H,18,19). The monoisotopic (exact) mass is 260 g/mol. The average Bonchev–Trinajstić information content (AvgIpc) is 2.40. The molecule has 0 heterocycles. The Morgan fingerprint density at radius 3 is 2.79 bits per heavy atom. The molecule has 0 saturated heterocycles. The Kier molecular flexibility index (Phi) is 4.97. The van der Waals surface area contributed by atoms with Crippen LogP contribution in [0.25, 0.3) is 0 Å². The van der Waals surface area contributed by atoms with E-state index in [0.717, 1.165) is 11.3 Å². The van der Waals surface area contributed by atoms with Crippen LogP contribution >= 0.6 is 0 Å². The van der Waals surface area contributed by atoms with Crippen LogP contribution in [0.1, 0.15) is 57.1 Å². The quantitative estimate of drug-likeness (QED) is 0.868. The molecule has 3 heteroatoms. The molecule has 3 N–H and O–H groups in total. The number of anilines is 1. The van der Waals surface area contributed by atoms with Gasteiger partial charge in [-0.15, -0.1) is 0 Å². The van der Waals surface area contributed by atoms with Crippen molar-refractivity contribution in [1.29, 1.82) is 0 Å². The number of nitrogens with two attached hydrogens (primary N) is 1. The zero-order valence-corrected chi connectivity index (χ0v) is 11.7. The van der Waals surface area contributed by atoms with E-state index < -0.39 is 0 Å². The van der Waals surface area contributed by atoms with E-state index in [1.165, 1.54) is 32.1 Å². The molecule has 1 saturated carbocycles. The summed E-state index contributed by atoms with van der Waals surface area (Å²) in [5.74, 6) is 0.707. The molecular formula is C16H24N2O. The van der Waals surface area contributed by atoms with Crippen LogP contribution in [0.4, 0.5) is 5.69 Å². The third kappa shape index (κ3) is 4.35. The lowest BCUT2D eigenvalue weighted by molar-refractivity contribution is -0.117. The highest BCUT2D eigenvalue weighted by Crippen LogP contribution is 2.26. The van der Waals surface area contributed by atoms with Crippen LogP contribution in [0.5, 0.6) is 0 Å². The maximum absolute atomic E-state index is 12.0. The highest BCUT2D eigenvalue weighted by molar-refractivity contribution is 5.90. The van der Waals surface area contributed by atoms with Crippen LogP contribution in [0.15, 0.2) is 24.3 Å². The van der Waals surface area contributed by atoms with Gasteiger partial charge in [0.1, 0.15) is 0 Å². The summed E-state index contributed by atoms with van der Waals surface area (Å²) in [4.78, 5) is 12.0. The predicted octanol–water partition coefficient (Wildman–Crippen LogP) is 3.62. The number of hydrogen-bond donors (Lipinski definition) is 2. The van der Waals surface area contributed by atoms with Crippen molar-refractivity contribution in [3.8, 4) is 0 Å². The second kappa shape index (κ2) is 6.71. The zero-order chi connectivity index (χ0) is 13.7. The molecule has 1 aromatic rings. The van der Waals surface area contributed by atoms with Crippen LogP contribution < -0.4 is 11.1 Å². The van der Waals surface area contributed by atoms with E-state index in [0.29, 0.717) is 12.3 Å². The third-order valence-electron chi connectivity index (χ3n) is 3.89. The molecule has 0 aromatic heterocycles. The van der Waals surface area contributed by atoms with Gasteiger partial charge in [0.2, 0.25) is 5.91 Å². The first kappa shape index (κ1) is 14.1. The normalized spacial score (nSPS) is 18.0. The minimum atomic E-state index is -0.00445. The first-order chi connectivity index (χ1) is 9.15. The lowest BCUT2D eigenvalue weighted by atomic mass is 9.87. The number of carbonyl (C=O) groups is 1. The maximum Gasteiger partial charge on any atom is 0.224 e. The fraction of sp³-hybridized carbons (Fsp3) is 0.562. The zero-order valence-electron chi connectivity index (χ0n) is 11.7. The van der Waals surface area contributed by atoms with Crippen molar-refractivity contribution >= 4 is 11.6 Å². The van der Waals surface area contributed by atoms with E-state index in [4.69, 9.17) is 5.73 Å². The molecule has 0 radical (unpaired) electrons. The highest BCUT2D eigenvalue weighted by Gasteiger charge is 2.17. The van der Waals surface area contributed by atoms with Crippen molar-refractivity contribution in [3.05, 3.63) is 29.8 Å². The first-order valence-corrected chi connectivity index (χ1v) is 7.30. The van der Waals surface area contributed by atoms with E-state index in [9.17, 15) is 4.79 Å². The molecule has 1 aromatic carbocycles. The van der Waals surface area contributed by atoms with Gasteiger partial charge in [-0.2, -0.15) is 0 Å². The number of nitrogens with one attached hydrogen (secondary N) is 1. The molecule has 19 heavy (non-hydrogen) atoms. The molecule has 0 aliphatic heterocycles. The lowest BCUT2D eigenvalue weighted by Gasteiger charge is -2.21. The van der Waals surface area contributed by atoms with Gasteiger partial charge in [-0.1, -0.05) is 31.4 Å². The van der Waals surface area contributed by atoms with Gasteiger partial charge in [-0.05, 0) is 43.4 Å². The Morgan fingerprint density at radius 2 is 2.11 bits per heavy atom. The van der Waals surface area contributed by atoms with Crippen molar-refractivity contribution in [2.24, 2.45) is 11.7 Å². The number of carbonyl (C=O) groups excluding carboxylic acids is 1. The molecule has 104 valence electrons. The van der Waals surface area contributed by atoms with Crippen molar-refractivity contribution < 1.29 is 4.79 Å². The Balaban J connectivity index is 1.89. The van der Waals surface area contributed by atoms with Crippen LogP contribution in [0, 0.1) is 5.92 Å². The van der Waals surface area contributed by atoms with Crippen LogP contribution in [-0.4, -0.2) is 5.91 Å². The molecule has 1 unspecified atom stereocenters. The number of hydrogen-bond acceptors (Lipinski definition) is 2.